The van der Waals surface area contributed by atoms with E-state index in [1.807, 2.05) is 0 Å². The lowest BCUT2D eigenvalue weighted by atomic mass is 9.98. The van der Waals surface area contributed by atoms with Gasteiger partial charge in [0.25, 0.3) is 0 Å². The molecule has 16 heavy (non-hydrogen) atoms. The molecule has 0 unspecified atom stereocenters. The van der Waals surface area contributed by atoms with E-state index in [-0.39, 0.29) is 5.41 Å². The predicted molar refractivity (Wildman–Crippen MR) is 66.8 cm³/mol. The van der Waals surface area contributed by atoms with Crippen molar-refractivity contribution in [1.82, 2.24) is 20.4 Å². The summed E-state index contributed by atoms with van der Waals surface area (Å²) in [4.78, 5) is 2.43. The molecule has 5 heteroatoms. The molecule has 0 atom stereocenters. The molecule has 0 aliphatic carbocycles. The molecule has 1 aliphatic heterocycles. The molecule has 0 aromatic carbocycles. The van der Waals surface area contributed by atoms with Crippen LogP contribution in [-0.4, -0.2) is 41.3 Å². The summed E-state index contributed by atoms with van der Waals surface area (Å²) in [6.07, 6.45) is 0. The molecule has 90 valence electrons. The lowest BCUT2D eigenvalue weighted by molar-refractivity contribution is 0.232. The first kappa shape index (κ1) is 12.0. The van der Waals surface area contributed by atoms with E-state index < -0.39 is 0 Å². The summed E-state index contributed by atoms with van der Waals surface area (Å²) >= 11 is 1.75. The standard InChI is InChI=1S/C11H20N4S/c1-11(2,3)10-14-13-9(16-10)8-15-6-4-12-5-7-15/h12H,4-8H2,1-3H3. The highest BCUT2D eigenvalue weighted by atomic mass is 32.1. The van der Waals surface area contributed by atoms with Crippen LogP contribution in [0.4, 0.5) is 0 Å². The molecular formula is C11H20N4S. The Morgan fingerprint density at radius 2 is 1.94 bits per heavy atom. The van der Waals surface area contributed by atoms with Crippen molar-refractivity contribution in [2.45, 2.75) is 32.7 Å². The van der Waals surface area contributed by atoms with Crippen molar-refractivity contribution in [1.29, 1.82) is 0 Å². The Balaban J connectivity index is 1.97. The molecule has 0 radical (unpaired) electrons. The maximum atomic E-state index is 4.28. The van der Waals surface area contributed by atoms with Gasteiger partial charge in [-0.2, -0.15) is 0 Å². The third kappa shape index (κ3) is 2.99. The Hall–Kier alpha value is -0.520. The minimum Gasteiger partial charge on any atom is -0.314 e. The van der Waals surface area contributed by atoms with Crippen molar-refractivity contribution < 1.29 is 0 Å². The fourth-order valence-electron chi connectivity index (χ4n) is 1.68. The van der Waals surface area contributed by atoms with Crippen molar-refractivity contribution in [2.24, 2.45) is 0 Å². The molecule has 1 fully saturated rings. The minimum atomic E-state index is 0.124. The average molecular weight is 240 g/mol. The minimum absolute atomic E-state index is 0.124. The zero-order valence-electron chi connectivity index (χ0n) is 10.3. The van der Waals surface area contributed by atoms with E-state index >= 15 is 0 Å². The number of hydrogen-bond acceptors (Lipinski definition) is 5. The summed E-state index contributed by atoms with van der Waals surface area (Å²) in [5.41, 5.74) is 0.124. The molecule has 4 nitrogen and oxygen atoms in total. The monoisotopic (exact) mass is 240 g/mol. The lowest BCUT2D eigenvalue weighted by Crippen LogP contribution is -2.42. The molecular weight excluding hydrogens is 220 g/mol. The van der Waals surface area contributed by atoms with Crippen LogP contribution in [0.15, 0.2) is 0 Å². The van der Waals surface area contributed by atoms with E-state index in [4.69, 9.17) is 0 Å². The van der Waals surface area contributed by atoms with Crippen molar-refractivity contribution in [2.75, 3.05) is 26.2 Å². The SMILES string of the molecule is CC(C)(C)c1nnc(CN2CCNCC2)s1. The van der Waals surface area contributed by atoms with Gasteiger partial charge < -0.3 is 5.32 Å². The molecule has 1 aliphatic rings. The Morgan fingerprint density at radius 3 is 2.50 bits per heavy atom. The normalized spacial score (nSPS) is 18.9. The van der Waals surface area contributed by atoms with Gasteiger partial charge in [0.2, 0.25) is 0 Å². The van der Waals surface area contributed by atoms with Crippen molar-refractivity contribution in [3.63, 3.8) is 0 Å². The lowest BCUT2D eigenvalue weighted by Gasteiger charge is -2.25. The van der Waals surface area contributed by atoms with Gasteiger partial charge in [0.1, 0.15) is 10.0 Å². The van der Waals surface area contributed by atoms with E-state index in [1.165, 1.54) is 0 Å². The highest BCUT2D eigenvalue weighted by molar-refractivity contribution is 7.11. The number of rotatable bonds is 2. The molecule has 1 N–H and O–H groups in total. The number of nitrogens with zero attached hydrogens (tertiary/aromatic N) is 3. The molecule has 0 amide bonds. The Labute approximate surface area is 101 Å². The van der Waals surface area contributed by atoms with Crippen molar-refractivity contribution >= 4 is 11.3 Å². The maximum absolute atomic E-state index is 4.28. The van der Waals surface area contributed by atoms with Crippen molar-refractivity contribution in [3.8, 4) is 0 Å². The fraction of sp³-hybridized carbons (Fsp3) is 0.818. The maximum Gasteiger partial charge on any atom is 0.131 e. The number of aromatic nitrogens is 2. The molecule has 0 bridgehead atoms. The van der Waals surface area contributed by atoms with Gasteiger partial charge in [-0.3, -0.25) is 4.90 Å². The number of hydrogen-bond donors (Lipinski definition) is 1. The molecule has 2 rings (SSSR count). The molecule has 1 aromatic heterocycles. The summed E-state index contributed by atoms with van der Waals surface area (Å²) in [7, 11) is 0. The van der Waals surface area contributed by atoms with Crippen LogP contribution >= 0.6 is 11.3 Å². The Bertz CT molecular complexity index is 336. The molecule has 0 spiro atoms. The third-order valence-corrected chi connectivity index (χ3v) is 4.01. The van der Waals surface area contributed by atoms with Gasteiger partial charge in [0.05, 0.1) is 6.54 Å². The van der Waals surface area contributed by atoms with E-state index in [2.05, 4.69) is 41.2 Å². The second kappa shape index (κ2) is 4.77. The van der Waals surface area contributed by atoms with Crippen LogP contribution in [0.25, 0.3) is 0 Å². The van der Waals surface area contributed by atoms with Crippen LogP contribution in [0.3, 0.4) is 0 Å². The summed E-state index contributed by atoms with van der Waals surface area (Å²) in [6, 6.07) is 0. The van der Waals surface area contributed by atoms with Crippen LogP contribution in [-0.2, 0) is 12.0 Å². The van der Waals surface area contributed by atoms with E-state index in [1.54, 1.807) is 11.3 Å². The van der Waals surface area contributed by atoms with Crippen LogP contribution < -0.4 is 5.32 Å². The van der Waals surface area contributed by atoms with Crippen LogP contribution in [0, 0.1) is 0 Å². The highest BCUT2D eigenvalue weighted by Gasteiger charge is 2.20. The number of piperazine rings is 1. The topological polar surface area (TPSA) is 41.1 Å². The summed E-state index contributed by atoms with van der Waals surface area (Å²) < 4.78 is 0. The molecule has 0 saturated carbocycles. The van der Waals surface area contributed by atoms with Crippen LogP contribution in [0.5, 0.6) is 0 Å². The second-order valence-electron chi connectivity index (χ2n) is 5.28. The van der Waals surface area contributed by atoms with Gasteiger partial charge in [-0.05, 0) is 0 Å². The predicted octanol–water partition coefficient (Wildman–Crippen LogP) is 1.24. The van der Waals surface area contributed by atoms with Gasteiger partial charge in [-0.1, -0.05) is 32.1 Å². The molecule has 1 aromatic rings. The van der Waals surface area contributed by atoms with Gasteiger partial charge in [0.15, 0.2) is 0 Å². The van der Waals surface area contributed by atoms with E-state index in [0.717, 1.165) is 42.7 Å². The second-order valence-corrected chi connectivity index (χ2v) is 6.34. The van der Waals surface area contributed by atoms with E-state index in [9.17, 15) is 0 Å². The zero-order chi connectivity index (χ0) is 11.6. The number of nitrogens with one attached hydrogen (secondary N) is 1. The molecule has 2 heterocycles. The summed E-state index contributed by atoms with van der Waals surface area (Å²) in [5, 5.41) is 14.2. The smallest absolute Gasteiger partial charge is 0.131 e. The quantitative estimate of drug-likeness (QED) is 0.844. The van der Waals surface area contributed by atoms with Gasteiger partial charge in [0, 0.05) is 31.6 Å². The first-order valence-electron chi connectivity index (χ1n) is 5.81. The van der Waals surface area contributed by atoms with Gasteiger partial charge in [-0.15, -0.1) is 10.2 Å². The largest absolute Gasteiger partial charge is 0.314 e. The zero-order valence-corrected chi connectivity index (χ0v) is 11.1. The first-order chi connectivity index (χ1) is 7.55. The first-order valence-corrected chi connectivity index (χ1v) is 6.63. The third-order valence-electron chi connectivity index (χ3n) is 2.68. The highest BCUT2D eigenvalue weighted by Crippen LogP contribution is 2.25. The molecule has 1 saturated heterocycles. The average Bonchev–Trinajstić information content (AvgIpc) is 2.67. The van der Waals surface area contributed by atoms with Crippen LogP contribution in [0.2, 0.25) is 0 Å². The van der Waals surface area contributed by atoms with Gasteiger partial charge in [-0.25, -0.2) is 0 Å². The van der Waals surface area contributed by atoms with Crippen LogP contribution in [0.1, 0.15) is 30.8 Å². The summed E-state index contributed by atoms with van der Waals surface area (Å²) in [6.45, 7) is 11.9. The van der Waals surface area contributed by atoms with Crippen molar-refractivity contribution in [3.05, 3.63) is 10.0 Å². The fourth-order valence-corrected chi connectivity index (χ4v) is 2.62. The summed E-state index contributed by atoms with van der Waals surface area (Å²) in [5.74, 6) is 0. The van der Waals surface area contributed by atoms with E-state index in [0.29, 0.717) is 0 Å². The Morgan fingerprint density at radius 1 is 1.25 bits per heavy atom. The Kier molecular flexibility index (Phi) is 3.56. The van der Waals surface area contributed by atoms with Gasteiger partial charge >= 0.3 is 0 Å².